The van der Waals surface area contributed by atoms with Gasteiger partial charge in [-0.15, -0.1) is 0 Å². The van der Waals surface area contributed by atoms with Crippen LogP contribution in [0, 0.1) is 18.6 Å². The molecule has 44 heavy (non-hydrogen) atoms. The van der Waals surface area contributed by atoms with Gasteiger partial charge in [-0.2, -0.15) is 4.98 Å². The van der Waals surface area contributed by atoms with E-state index >= 15 is 4.39 Å². The maximum absolute atomic E-state index is 15.9. The van der Waals surface area contributed by atoms with Crippen LogP contribution in [0.5, 0.6) is 5.75 Å². The van der Waals surface area contributed by atoms with E-state index in [1.165, 1.54) is 31.3 Å². The minimum atomic E-state index is -3.80. The van der Waals surface area contributed by atoms with Crippen molar-refractivity contribution >= 4 is 38.5 Å². The molecule has 1 amide bonds. The van der Waals surface area contributed by atoms with Crippen LogP contribution in [0.1, 0.15) is 12.5 Å². The monoisotopic (exact) mass is 624 g/mol. The third-order valence-electron chi connectivity index (χ3n) is 7.69. The highest BCUT2D eigenvalue weighted by atomic mass is 32.2. The number of aromatic nitrogens is 3. The first-order valence-electron chi connectivity index (χ1n) is 13.6. The van der Waals surface area contributed by atoms with Crippen molar-refractivity contribution in [2.75, 3.05) is 42.1 Å². The van der Waals surface area contributed by atoms with Gasteiger partial charge in [0.1, 0.15) is 23.1 Å². The summed E-state index contributed by atoms with van der Waals surface area (Å²) < 4.78 is 58.0. The molecule has 0 aliphatic carbocycles. The number of hydrogen-bond donors (Lipinski definition) is 1. The van der Waals surface area contributed by atoms with Crippen molar-refractivity contribution in [2.45, 2.75) is 19.9 Å². The molecule has 1 N–H and O–H groups in total. The summed E-state index contributed by atoms with van der Waals surface area (Å²) in [5.41, 5.74) is -1.35. The molecular formula is C30H30F2N6O5S. The van der Waals surface area contributed by atoms with Crippen LogP contribution in [-0.2, 0) is 14.8 Å². The summed E-state index contributed by atoms with van der Waals surface area (Å²) in [6.07, 6.45) is 2.22. The van der Waals surface area contributed by atoms with Gasteiger partial charge in [0.05, 0.1) is 28.6 Å². The largest absolute Gasteiger partial charge is 0.507 e. The van der Waals surface area contributed by atoms with Gasteiger partial charge in [0, 0.05) is 32.7 Å². The number of halogens is 2. The number of sulfonamides is 1. The number of hydrogen-bond acceptors (Lipinski definition) is 8. The quantitative estimate of drug-likeness (QED) is 0.324. The van der Waals surface area contributed by atoms with Gasteiger partial charge >= 0.3 is 5.69 Å². The maximum Gasteiger partial charge on any atom is 0.355 e. The highest BCUT2D eigenvalue weighted by Gasteiger charge is 2.31. The van der Waals surface area contributed by atoms with Gasteiger partial charge in [-0.3, -0.25) is 9.10 Å². The standard InChI is InChI=1S/C30H30F2N6O5S/c1-6-24(40)36-13-14-37(18(3)16-36)28-19-15-21(32)26(25-20(31)10-8-12-23(25)39)33-29(19)38(30(41)34-28)27-17(2)9-7-11-22(27)35(4)44(5,42)43/h6-12,15,18,39H,1,13-14,16H2,2-5H3/t18-/m0/s1. The van der Waals surface area contributed by atoms with Crippen molar-refractivity contribution in [1.29, 1.82) is 0 Å². The number of phenolic OH excluding ortho intramolecular Hbond substituents is 1. The van der Waals surface area contributed by atoms with Crippen LogP contribution in [0.25, 0.3) is 28.0 Å². The summed E-state index contributed by atoms with van der Waals surface area (Å²) in [6.45, 7) is 7.80. The van der Waals surface area contributed by atoms with Gasteiger partial charge in [0.2, 0.25) is 15.9 Å². The van der Waals surface area contributed by atoms with Crippen LogP contribution < -0.4 is 14.9 Å². The first kappa shape index (κ1) is 30.6. The van der Waals surface area contributed by atoms with E-state index < -0.39 is 44.4 Å². The highest BCUT2D eigenvalue weighted by molar-refractivity contribution is 7.92. The Hall–Kier alpha value is -4.85. The van der Waals surface area contributed by atoms with Crippen molar-refractivity contribution in [3.05, 3.63) is 82.8 Å². The lowest BCUT2D eigenvalue weighted by atomic mass is 10.1. The Labute approximate surface area is 252 Å². The van der Waals surface area contributed by atoms with Gasteiger partial charge in [0.15, 0.2) is 11.5 Å². The molecule has 1 aliphatic rings. The number of aromatic hydroxyl groups is 1. The second kappa shape index (κ2) is 11.3. The van der Waals surface area contributed by atoms with E-state index in [9.17, 15) is 27.5 Å². The number of rotatable bonds is 6. The predicted octanol–water partition coefficient (Wildman–Crippen LogP) is 3.36. The third kappa shape index (κ3) is 5.25. The van der Waals surface area contributed by atoms with Gasteiger partial charge in [-0.05, 0) is 49.8 Å². The molecule has 230 valence electrons. The number of carbonyl (C=O) groups is 1. The van der Waals surface area contributed by atoms with Crippen LogP contribution in [0.4, 0.5) is 20.3 Å². The van der Waals surface area contributed by atoms with Crippen LogP contribution >= 0.6 is 0 Å². The number of para-hydroxylation sites is 1. The van der Waals surface area contributed by atoms with Gasteiger partial charge in [-0.1, -0.05) is 24.8 Å². The van der Waals surface area contributed by atoms with Gasteiger partial charge < -0.3 is 14.9 Å². The average molecular weight is 625 g/mol. The summed E-state index contributed by atoms with van der Waals surface area (Å²) >= 11 is 0. The van der Waals surface area contributed by atoms with E-state index in [0.29, 0.717) is 5.56 Å². The summed E-state index contributed by atoms with van der Waals surface area (Å²) in [7, 11) is -2.47. The Morgan fingerprint density at radius 2 is 1.84 bits per heavy atom. The van der Waals surface area contributed by atoms with E-state index in [-0.39, 0.29) is 59.8 Å². The smallest absolute Gasteiger partial charge is 0.355 e. The van der Waals surface area contributed by atoms with Gasteiger partial charge in [-0.25, -0.2) is 31.5 Å². The molecule has 4 aromatic rings. The zero-order valence-corrected chi connectivity index (χ0v) is 25.3. The minimum Gasteiger partial charge on any atom is -0.507 e. The molecule has 14 heteroatoms. The van der Waals surface area contributed by atoms with Crippen molar-refractivity contribution in [3.8, 4) is 22.7 Å². The van der Waals surface area contributed by atoms with E-state index in [0.717, 1.165) is 27.3 Å². The van der Waals surface area contributed by atoms with Crippen molar-refractivity contribution < 1.29 is 27.1 Å². The number of pyridine rings is 1. The van der Waals surface area contributed by atoms with E-state index in [1.807, 2.05) is 6.92 Å². The molecule has 0 saturated carbocycles. The molecule has 2 aromatic heterocycles. The number of piperazine rings is 1. The van der Waals surface area contributed by atoms with Crippen molar-refractivity contribution in [3.63, 3.8) is 0 Å². The minimum absolute atomic E-state index is 0.0771. The third-order valence-corrected chi connectivity index (χ3v) is 8.88. The van der Waals surface area contributed by atoms with Crippen LogP contribution in [0.15, 0.2) is 59.9 Å². The maximum atomic E-state index is 15.9. The molecule has 0 unspecified atom stereocenters. The van der Waals surface area contributed by atoms with Crippen molar-refractivity contribution in [1.82, 2.24) is 19.4 Å². The van der Waals surface area contributed by atoms with Crippen molar-refractivity contribution in [2.24, 2.45) is 0 Å². The van der Waals surface area contributed by atoms with E-state index in [1.54, 1.807) is 28.9 Å². The summed E-state index contributed by atoms with van der Waals surface area (Å²) in [6, 6.07) is 8.96. The zero-order chi connectivity index (χ0) is 32.1. The highest BCUT2D eigenvalue weighted by Crippen LogP contribution is 2.37. The Bertz CT molecular complexity index is 1980. The molecule has 3 heterocycles. The normalized spacial score (nSPS) is 15.5. The number of aryl methyl sites for hydroxylation is 1. The molecule has 1 saturated heterocycles. The number of nitrogens with zero attached hydrogens (tertiary/aromatic N) is 6. The number of phenols is 1. The molecule has 0 spiro atoms. The SMILES string of the molecule is C=CC(=O)N1CCN(c2nc(=O)n(-c3c(C)cccc3N(C)S(C)(=O)=O)c3nc(-c4c(O)cccc4F)c(F)cc23)[C@@H](C)C1. The second-order valence-corrected chi connectivity index (χ2v) is 12.6. The molecule has 1 fully saturated rings. The Kier molecular flexibility index (Phi) is 7.88. The molecular weight excluding hydrogens is 594 g/mol. The molecule has 0 bridgehead atoms. The molecule has 1 atom stereocenters. The molecule has 1 aliphatic heterocycles. The fourth-order valence-electron chi connectivity index (χ4n) is 5.42. The topological polar surface area (TPSA) is 129 Å². The number of carbonyl (C=O) groups excluding carboxylic acids is 1. The lowest BCUT2D eigenvalue weighted by molar-refractivity contribution is -0.126. The zero-order valence-electron chi connectivity index (χ0n) is 24.5. The summed E-state index contributed by atoms with van der Waals surface area (Å²) in [4.78, 5) is 38.3. The average Bonchev–Trinajstić information content (AvgIpc) is 2.96. The number of fused-ring (bicyclic) bond motifs is 1. The molecule has 5 rings (SSSR count). The molecule has 11 nitrogen and oxygen atoms in total. The fraction of sp³-hybridized carbons (Fsp3) is 0.267. The fourth-order valence-corrected chi connectivity index (χ4v) is 5.92. The molecule has 2 aromatic carbocycles. The van der Waals surface area contributed by atoms with Crippen LogP contribution in [0.2, 0.25) is 0 Å². The lowest BCUT2D eigenvalue weighted by Gasteiger charge is -2.40. The van der Waals surface area contributed by atoms with Crippen LogP contribution in [0.3, 0.4) is 0 Å². The number of amides is 1. The number of benzene rings is 2. The number of anilines is 2. The second-order valence-electron chi connectivity index (χ2n) is 10.6. The van der Waals surface area contributed by atoms with Gasteiger partial charge in [0.25, 0.3) is 0 Å². The summed E-state index contributed by atoms with van der Waals surface area (Å²) in [5.74, 6) is -2.67. The molecule has 0 radical (unpaired) electrons. The van der Waals surface area contributed by atoms with Crippen LogP contribution in [-0.4, -0.2) is 77.8 Å². The van der Waals surface area contributed by atoms with E-state index in [2.05, 4.69) is 16.5 Å². The Morgan fingerprint density at radius 3 is 2.48 bits per heavy atom. The summed E-state index contributed by atoms with van der Waals surface area (Å²) in [5, 5.41) is 10.5. The lowest BCUT2D eigenvalue weighted by Crippen LogP contribution is -2.54. The first-order chi connectivity index (χ1) is 20.7. The Balaban J connectivity index is 1.86. The Morgan fingerprint density at radius 1 is 1.14 bits per heavy atom. The predicted molar refractivity (Wildman–Crippen MR) is 164 cm³/mol. The first-order valence-corrected chi connectivity index (χ1v) is 15.4. The van der Waals surface area contributed by atoms with E-state index in [4.69, 9.17) is 0 Å².